The second kappa shape index (κ2) is 5.89. The zero-order valence-corrected chi connectivity index (χ0v) is 13.8. The van der Waals surface area contributed by atoms with Crippen molar-refractivity contribution in [2.75, 3.05) is 5.32 Å². The quantitative estimate of drug-likeness (QED) is 0.760. The van der Waals surface area contributed by atoms with Crippen LogP contribution in [0.15, 0.2) is 36.4 Å². The summed E-state index contributed by atoms with van der Waals surface area (Å²) in [6.07, 6.45) is 0.936. The van der Waals surface area contributed by atoms with Gasteiger partial charge in [0.1, 0.15) is 0 Å². The molecule has 1 amide bonds. The summed E-state index contributed by atoms with van der Waals surface area (Å²) in [5.74, 6) is -0.102. The van der Waals surface area contributed by atoms with Gasteiger partial charge in [-0.05, 0) is 43.5 Å². The number of carbonyl (C=O) groups excluding carboxylic acids is 1. The molecule has 0 aliphatic heterocycles. The molecule has 2 aromatic carbocycles. The van der Waals surface area contributed by atoms with Gasteiger partial charge in [0.15, 0.2) is 5.13 Å². The zero-order chi connectivity index (χ0) is 15.7. The van der Waals surface area contributed by atoms with E-state index in [0.29, 0.717) is 10.7 Å². The van der Waals surface area contributed by atoms with Crippen molar-refractivity contribution >= 4 is 32.6 Å². The van der Waals surface area contributed by atoms with Gasteiger partial charge in [0, 0.05) is 5.56 Å². The standard InChI is InChI=1S/C18H18N2OS/c1-4-13-6-5-7-15-16(13)19-18(22-15)20-17(21)14-9-8-11(2)10-12(14)3/h5-10H,4H2,1-3H3,(H,19,20,21). The van der Waals surface area contributed by atoms with E-state index in [9.17, 15) is 4.79 Å². The summed E-state index contributed by atoms with van der Waals surface area (Å²) in [6, 6.07) is 12.0. The first-order valence-electron chi connectivity index (χ1n) is 7.35. The number of anilines is 1. The largest absolute Gasteiger partial charge is 0.298 e. The van der Waals surface area contributed by atoms with Crippen molar-refractivity contribution in [3.63, 3.8) is 0 Å². The van der Waals surface area contributed by atoms with Crippen molar-refractivity contribution in [1.29, 1.82) is 0 Å². The van der Waals surface area contributed by atoms with Crippen LogP contribution >= 0.6 is 11.3 Å². The van der Waals surface area contributed by atoms with Gasteiger partial charge in [-0.25, -0.2) is 4.98 Å². The average molecular weight is 310 g/mol. The maximum atomic E-state index is 12.4. The number of thiazole rings is 1. The molecule has 0 radical (unpaired) electrons. The zero-order valence-electron chi connectivity index (χ0n) is 12.9. The number of para-hydroxylation sites is 1. The number of aromatic nitrogens is 1. The van der Waals surface area contributed by atoms with Gasteiger partial charge in [-0.2, -0.15) is 0 Å². The summed E-state index contributed by atoms with van der Waals surface area (Å²) in [5, 5.41) is 3.58. The molecule has 3 rings (SSSR count). The minimum Gasteiger partial charge on any atom is -0.298 e. The highest BCUT2D eigenvalue weighted by Gasteiger charge is 2.13. The van der Waals surface area contributed by atoms with Gasteiger partial charge in [-0.1, -0.05) is 48.1 Å². The van der Waals surface area contributed by atoms with Crippen molar-refractivity contribution in [1.82, 2.24) is 4.98 Å². The molecule has 1 N–H and O–H groups in total. The van der Waals surface area contributed by atoms with Gasteiger partial charge in [-0.3, -0.25) is 10.1 Å². The maximum absolute atomic E-state index is 12.4. The number of benzene rings is 2. The SMILES string of the molecule is CCc1cccc2sc(NC(=O)c3ccc(C)cc3C)nc12. The highest BCUT2D eigenvalue weighted by atomic mass is 32.1. The van der Waals surface area contributed by atoms with Crippen LogP contribution < -0.4 is 5.32 Å². The Morgan fingerprint density at radius 2 is 2.05 bits per heavy atom. The lowest BCUT2D eigenvalue weighted by Crippen LogP contribution is -2.13. The lowest BCUT2D eigenvalue weighted by Gasteiger charge is -2.06. The number of carbonyl (C=O) groups is 1. The van der Waals surface area contributed by atoms with Gasteiger partial charge in [0.05, 0.1) is 10.2 Å². The third-order valence-electron chi connectivity index (χ3n) is 3.73. The number of fused-ring (bicyclic) bond motifs is 1. The van der Waals surface area contributed by atoms with Crippen LogP contribution in [0.1, 0.15) is 34.0 Å². The Labute approximate surface area is 134 Å². The topological polar surface area (TPSA) is 42.0 Å². The Bertz CT molecular complexity index is 851. The molecule has 0 fully saturated rings. The van der Waals surface area contributed by atoms with E-state index in [1.54, 1.807) is 0 Å². The van der Waals surface area contributed by atoms with E-state index in [4.69, 9.17) is 0 Å². The minimum atomic E-state index is -0.102. The molecule has 1 heterocycles. The second-order valence-electron chi connectivity index (χ2n) is 5.41. The Morgan fingerprint density at radius 1 is 1.23 bits per heavy atom. The van der Waals surface area contributed by atoms with Gasteiger partial charge in [0.2, 0.25) is 0 Å². The van der Waals surface area contributed by atoms with Crippen LogP contribution in [0.3, 0.4) is 0 Å². The van der Waals surface area contributed by atoms with Crippen LogP contribution in [0.4, 0.5) is 5.13 Å². The number of amides is 1. The maximum Gasteiger partial charge on any atom is 0.257 e. The van der Waals surface area contributed by atoms with Gasteiger partial charge >= 0.3 is 0 Å². The summed E-state index contributed by atoms with van der Waals surface area (Å²) in [5.41, 5.74) is 5.03. The third-order valence-corrected chi connectivity index (χ3v) is 4.67. The molecule has 3 nitrogen and oxygen atoms in total. The van der Waals surface area contributed by atoms with E-state index >= 15 is 0 Å². The highest BCUT2D eigenvalue weighted by molar-refractivity contribution is 7.22. The fourth-order valence-corrected chi connectivity index (χ4v) is 3.49. The molecule has 112 valence electrons. The van der Waals surface area contributed by atoms with Crippen LogP contribution in [-0.4, -0.2) is 10.9 Å². The lowest BCUT2D eigenvalue weighted by molar-refractivity contribution is 0.102. The summed E-state index contributed by atoms with van der Waals surface area (Å²) in [4.78, 5) is 17.0. The molecule has 0 atom stereocenters. The average Bonchev–Trinajstić information content (AvgIpc) is 2.89. The smallest absolute Gasteiger partial charge is 0.257 e. The Balaban J connectivity index is 1.91. The fraction of sp³-hybridized carbons (Fsp3) is 0.222. The van der Waals surface area contributed by atoms with Gasteiger partial charge in [0.25, 0.3) is 5.91 Å². The molecule has 0 saturated heterocycles. The Kier molecular flexibility index (Phi) is 3.94. The monoisotopic (exact) mass is 310 g/mol. The van der Waals surface area contributed by atoms with Crippen molar-refractivity contribution in [2.45, 2.75) is 27.2 Å². The number of rotatable bonds is 3. The van der Waals surface area contributed by atoms with Crippen LogP contribution in [0.25, 0.3) is 10.2 Å². The van der Waals surface area contributed by atoms with Gasteiger partial charge in [-0.15, -0.1) is 0 Å². The molecule has 0 unspecified atom stereocenters. The third kappa shape index (κ3) is 2.74. The fourth-order valence-electron chi connectivity index (χ4n) is 2.58. The summed E-state index contributed by atoms with van der Waals surface area (Å²) < 4.78 is 1.11. The summed E-state index contributed by atoms with van der Waals surface area (Å²) in [6.45, 7) is 6.09. The van der Waals surface area contributed by atoms with Crippen molar-refractivity contribution in [2.24, 2.45) is 0 Å². The van der Waals surface area contributed by atoms with E-state index in [2.05, 4.69) is 23.3 Å². The molecule has 0 spiro atoms. The van der Waals surface area contributed by atoms with E-state index in [-0.39, 0.29) is 5.91 Å². The van der Waals surface area contributed by atoms with Gasteiger partial charge < -0.3 is 0 Å². The predicted octanol–water partition coefficient (Wildman–Crippen LogP) is 4.73. The lowest BCUT2D eigenvalue weighted by atomic mass is 10.1. The minimum absolute atomic E-state index is 0.102. The van der Waals surface area contributed by atoms with E-state index < -0.39 is 0 Å². The predicted molar refractivity (Wildman–Crippen MR) is 92.9 cm³/mol. The molecule has 4 heteroatoms. The number of hydrogen-bond acceptors (Lipinski definition) is 3. The Hall–Kier alpha value is -2.20. The first-order valence-corrected chi connectivity index (χ1v) is 8.17. The highest BCUT2D eigenvalue weighted by Crippen LogP contribution is 2.29. The van der Waals surface area contributed by atoms with Crippen molar-refractivity contribution < 1.29 is 4.79 Å². The number of hydrogen-bond donors (Lipinski definition) is 1. The summed E-state index contributed by atoms with van der Waals surface area (Å²) >= 11 is 1.52. The number of aryl methyl sites for hydroxylation is 3. The van der Waals surface area contributed by atoms with E-state index in [1.807, 2.05) is 44.2 Å². The molecule has 3 aromatic rings. The number of nitrogens with zero attached hydrogens (tertiary/aromatic N) is 1. The number of nitrogens with one attached hydrogen (secondary N) is 1. The van der Waals surface area contributed by atoms with Crippen molar-refractivity contribution in [3.05, 3.63) is 58.7 Å². The van der Waals surface area contributed by atoms with Crippen LogP contribution in [0.5, 0.6) is 0 Å². The molecule has 0 bridgehead atoms. The normalized spacial score (nSPS) is 10.9. The van der Waals surface area contributed by atoms with Crippen LogP contribution in [0, 0.1) is 13.8 Å². The van der Waals surface area contributed by atoms with E-state index in [0.717, 1.165) is 27.8 Å². The molecule has 22 heavy (non-hydrogen) atoms. The Morgan fingerprint density at radius 3 is 2.77 bits per heavy atom. The molecule has 1 aromatic heterocycles. The molecular weight excluding hydrogens is 292 g/mol. The van der Waals surface area contributed by atoms with Crippen LogP contribution in [0.2, 0.25) is 0 Å². The molecule has 0 saturated carbocycles. The molecule has 0 aliphatic rings. The van der Waals surface area contributed by atoms with Crippen molar-refractivity contribution in [3.8, 4) is 0 Å². The summed E-state index contributed by atoms with van der Waals surface area (Å²) in [7, 11) is 0. The first kappa shape index (κ1) is 14.7. The van der Waals surface area contributed by atoms with E-state index in [1.165, 1.54) is 16.9 Å². The molecule has 0 aliphatic carbocycles. The molecular formula is C18H18N2OS. The second-order valence-corrected chi connectivity index (χ2v) is 6.44. The van der Waals surface area contributed by atoms with Crippen LogP contribution in [-0.2, 0) is 6.42 Å². The first-order chi connectivity index (χ1) is 10.6.